The second kappa shape index (κ2) is 7.09. The Morgan fingerprint density at radius 3 is 3.07 bits per heavy atom. The first-order valence-electron chi connectivity index (χ1n) is 4.44. The molecular formula is C9H14N2OS2. The first-order valence-corrected chi connectivity index (χ1v) is 6.06. The fraction of sp³-hybridized carbons (Fsp3) is 0.556. The zero-order chi connectivity index (χ0) is 10.2. The Morgan fingerprint density at radius 1 is 1.50 bits per heavy atom. The third-order valence-corrected chi connectivity index (χ3v) is 2.48. The van der Waals surface area contributed by atoms with Gasteiger partial charge in [0.1, 0.15) is 0 Å². The molecule has 0 spiro atoms. The lowest BCUT2D eigenvalue weighted by atomic mass is 10.5. The molecule has 1 aromatic rings. The van der Waals surface area contributed by atoms with Crippen LogP contribution < -0.4 is 0 Å². The lowest BCUT2D eigenvalue weighted by Crippen LogP contribution is -2.00. The average molecular weight is 230 g/mol. The van der Waals surface area contributed by atoms with Gasteiger partial charge in [0, 0.05) is 23.4 Å². The predicted octanol–water partition coefficient (Wildman–Crippen LogP) is 1.82. The monoisotopic (exact) mass is 230 g/mol. The van der Waals surface area contributed by atoms with E-state index >= 15 is 0 Å². The molecule has 78 valence electrons. The van der Waals surface area contributed by atoms with Crippen molar-refractivity contribution in [2.75, 3.05) is 24.7 Å². The summed E-state index contributed by atoms with van der Waals surface area (Å²) in [4.78, 5) is 8.41. The summed E-state index contributed by atoms with van der Waals surface area (Å²) < 4.78 is 5.28. The van der Waals surface area contributed by atoms with Crippen LogP contribution in [0.15, 0.2) is 17.4 Å². The summed E-state index contributed by atoms with van der Waals surface area (Å²) in [6, 6.07) is 1.89. The Balaban J connectivity index is 2.18. The maximum Gasteiger partial charge on any atom is 0.187 e. The molecule has 1 rings (SSSR count). The van der Waals surface area contributed by atoms with Crippen LogP contribution in [0.5, 0.6) is 0 Å². The lowest BCUT2D eigenvalue weighted by Gasteiger charge is -2.01. The molecule has 3 nitrogen and oxygen atoms in total. The number of thioether (sulfide) groups is 1. The van der Waals surface area contributed by atoms with Crippen molar-refractivity contribution in [3.8, 4) is 0 Å². The van der Waals surface area contributed by atoms with Gasteiger partial charge in [0.05, 0.1) is 13.2 Å². The van der Waals surface area contributed by atoms with E-state index in [1.165, 1.54) is 0 Å². The van der Waals surface area contributed by atoms with Crippen molar-refractivity contribution in [1.82, 2.24) is 9.97 Å². The van der Waals surface area contributed by atoms with Gasteiger partial charge in [-0.3, -0.25) is 0 Å². The number of aromatic nitrogens is 2. The molecule has 0 aliphatic carbocycles. The number of thiol groups is 1. The van der Waals surface area contributed by atoms with Gasteiger partial charge in [-0.15, -0.1) is 0 Å². The van der Waals surface area contributed by atoms with E-state index in [2.05, 4.69) is 22.6 Å². The first-order chi connectivity index (χ1) is 6.83. The molecule has 0 saturated carbocycles. The van der Waals surface area contributed by atoms with Gasteiger partial charge in [-0.25, -0.2) is 9.97 Å². The van der Waals surface area contributed by atoms with Gasteiger partial charge in [0.15, 0.2) is 5.16 Å². The van der Waals surface area contributed by atoms with E-state index in [9.17, 15) is 0 Å². The van der Waals surface area contributed by atoms with Crippen LogP contribution in [0, 0.1) is 6.92 Å². The van der Waals surface area contributed by atoms with Crippen molar-refractivity contribution in [3.05, 3.63) is 18.0 Å². The third-order valence-electron chi connectivity index (χ3n) is 1.47. The molecular weight excluding hydrogens is 216 g/mol. The highest BCUT2D eigenvalue weighted by molar-refractivity contribution is 7.99. The Hall–Kier alpha value is -0.260. The highest BCUT2D eigenvalue weighted by Crippen LogP contribution is 2.11. The van der Waals surface area contributed by atoms with Crippen LogP contribution in [0.2, 0.25) is 0 Å². The molecule has 0 unspecified atom stereocenters. The Morgan fingerprint density at radius 2 is 2.36 bits per heavy atom. The van der Waals surface area contributed by atoms with Crippen LogP contribution in [0.3, 0.4) is 0 Å². The summed E-state index contributed by atoms with van der Waals surface area (Å²) in [5.74, 6) is 1.66. The van der Waals surface area contributed by atoms with Crippen LogP contribution >= 0.6 is 24.4 Å². The maximum absolute atomic E-state index is 5.28. The minimum Gasteiger partial charge on any atom is -0.380 e. The summed E-state index contributed by atoms with van der Waals surface area (Å²) >= 11 is 5.66. The fourth-order valence-electron chi connectivity index (χ4n) is 0.854. The quantitative estimate of drug-likeness (QED) is 0.350. The molecule has 0 aliphatic heterocycles. The Kier molecular flexibility index (Phi) is 5.98. The number of ether oxygens (including phenoxy) is 1. The van der Waals surface area contributed by atoms with E-state index in [0.717, 1.165) is 29.0 Å². The molecule has 1 aromatic heterocycles. The van der Waals surface area contributed by atoms with Crippen LogP contribution in [-0.4, -0.2) is 34.7 Å². The van der Waals surface area contributed by atoms with Crippen LogP contribution in [0.4, 0.5) is 0 Å². The summed E-state index contributed by atoms with van der Waals surface area (Å²) in [7, 11) is 0. The van der Waals surface area contributed by atoms with Gasteiger partial charge < -0.3 is 4.74 Å². The summed E-state index contributed by atoms with van der Waals surface area (Å²) in [6.45, 7) is 3.39. The normalized spacial score (nSPS) is 10.4. The molecule has 0 saturated heterocycles. The fourth-order valence-corrected chi connectivity index (χ4v) is 1.71. The van der Waals surface area contributed by atoms with E-state index in [4.69, 9.17) is 4.74 Å². The molecule has 0 aromatic carbocycles. The first kappa shape index (κ1) is 11.8. The molecule has 0 atom stereocenters. The molecule has 1 heterocycles. The molecule has 0 N–H and O–H groups in total. The van der Waals surface area contributed by atoms with Crippen molar-refractivity contribution in [2.45, 2.75) is 12.1 Å². The minimum absolute atomic E-state index is 0.707. The third kappa shape index (κ3) is 4.83. The summed E-state index contributed by atoms with van der Waals surface area (Å²) in [5.41, 5.74) is 0.999. The largest absolute Gasteiger partial charge is 0.380 e. The smallest absolute Gasteiger partial charge is 0.187 e. The number of aryl methyl sites for hydroxylation is 1. The van der Waals surface area contributed by atoms with Crippen molar-refractivity contribution in [3.63, 3.8) is 0 Å². The maximum atomic E-state index is 5.28. The standard InChI is InChI=1S/C9H14N2OS2/c1-8-2-3-10-9(11-8)14-7-5-12-4-6-13/h2-3,13H,4-7H2,1H3. The van der Waals surface area contributed by atoms with Crippen LogP contribution in [0.25, 0.3) is 0 Å². The summed E-state index contributed by atoms with van der Waals surface area (Å²) in [5, 5.41) is 0.819. The molecule has 5 heteroatoms. The zero-order valence-electron chi connectivity index (χ0n) is 8.14. The molecule has 0 bridgehead atoms. The van der Waals surface area contributed by atoms with Gasteiger partial charge in [-0.05, 0) is 13.0 Å². The SMILES string of the molecule is Cc1ccnc(SCCOCCS)n1. The van der Waals surface area contributed by atoms with Gasteiger partial charge in [0.25, 0.3) is 0 Å². The summed E-state index contributed by atoms with van der Waals surface area (Å²) in [6.07, 6.45) is 1.78. The average Bonchev–Trinajstić information content (AvgIpc) is 2.18. The highest BCUT2D eigenvalue weighted by atomic mass is 32.2. The number of hydrogen-bond acceptors (Lipinski definition) is 5. The topological polar surface area (TPSA) is 35.0 Å². The highest BCUT2D eigenvalue weighted by Gasteiger charge is 1.96. The second-order valence-electron chi connectivity index (χ2n) is 2.67. The van der Waals surface area contributed by atoms with E-state index in [1.54, 1.807) is 18.0 Å². The van der Waals surface area contributed by atoms with Crippen molar-refractivity contribution < 1.29 is 4.74 Å². The van der Waals surface area contributed by atoms with Crippen molar-refractivity contribution >= 4 is 24.4 Å². The van der Waals surface area contributed by atoms with Gasteiger partial charge in [-0.2, -0.15) is 12.6 Å². The van der Waals surface area contributed by atoms with Crippen molar-refractivity contribution in [2.24, 2.45) is 0 Å². The van der Waals surface area contributed by atoms with Gasteiger partial charge in [0.2, 0.25) is 0 Å². The van der Waals surface area contributed by atoms with Crippen molar-refractivity contribution in [1.29, 1.82) is 0 Å². The molecule has 14 heavy (non-hydrogen) atoms. The van der Waals surface area contributed by atoms with E-state index in [0.29, 0.717) is 6.61 Å². The van der Waals surface area contributed by atoms with E-state index in [1.807, 2.05) is 13.0 Å². The van der Waals surface area contributed by atoms with E-state index < -0.39 is 0 Å². The minimum atomic E-state index is 0.707. The Bertz CT molecular complexity index is 271. The van der Waals surface area contributed by atoms with Crippen LogP contribution in [0.1, 0.15) is 5.69 Å². The van der Waals surface area contributed by atoms with E-state index in [-0.39, 0.29) is 0 Å². The molecule has 0 aliphatic rings. The predicted molar refractivity (Wildman–Crippen MR) is 62.2 cm³/mol. The Labute approximate surface area is 94.1 Å². The molecule has 0 radical (unpaired) electrons. The number of rotatable bonds is 6. The molecule has 0 amide bonds. The van der Waals surface area contributed by atoms with Gasteiger partial charge >= 0.3 is 0 Å². The van der Waals surface area contributed by atoms with Gasteiger partial charge in [-0.1, -0.05) is 11.8 Å². The number of nitrogens with zero attached hydrogens (tertiary/aromatic N) is 2. The molecule has 0 fully saturated rings. The lowest BCUT2D eigenvalue weighted by molar-refractivity contribution is 0.167. The second-order valence-corrected chi connectivity index (χ2v) is 4.17. The zero-order valence-corrected chi connectivity index (χ0v) is 9.85. The number of hydrogen-bond donors (Lipinski definition) is 1. The van der Waals surface area contributed by atoms with Crippen LogP contribution in [-0.2, 0) is 4.74 Å².